The largest absolute Gasteiger partial charge is 0.308 e. The van der Waals surface area contributed by atoms with E-state index in [9.17, 15) is 0 Å². The van der Waals surface area contributed by atoms with Crippen LogP contribution < -0.4 is 20.7 Å². The third-order valence-corrected chi connectivity index (χ3v) is 18.9. The molecule has 1 aliphatic heterocycles. The van der Waals surface area contributed by atoms with Gasteiger partial charge in [0.2, 0.25) is 0 Å². The standard InChI is InChI=1S/C54H37NS2Si/c1-6-20-38(21-7-1)45-36-43(58(40-24-10-3-11-25-40,41-26-12-4-13-27-41)42-28-14-5-15-29-42)37-46(39-22-8-2-9-23-39)53(45)55-47-31-17-16-30-44(47)52-48(55)34-35-51-54(52)57-50-33-19-18-32-49(50)56-51/h1-37H. The zero-order chi connectivity index (χ0) is 38.5. The Balaban J connectivity index is 1.31. The molecule has 4 heteroatoms. The Morgan fingerprint density at radius 1 is 0.345 bits per heavy atom. The monoisotopic (exact) mass is 791 g/mol. The lowest BCUT2D eigenvalue weighted by Gasteiger charge is -2.36. The number of hydrogen-bond donors (Lipinski definition) is 0. The van der Waals surface area contributed by atoms with Gasteiger partial charge in [-0.05, 0) is 62.2 Å². The Morgan fingerprint density at radius 2 is 0.793 bits per heavy atom. The molecule has 0 N–H and O–H groups in total. The summed E-state index contributed by atoms with van der Waals surface area (Å²) >= 11 is 3.79. The molecule has 1 nitrogen and oxygen atoms in total. The highest BCUT2D eigenvalue weighted by Gasteiger charge is 2.42. The second kappa shape index (κ2) is 14.6. The molecule has 0 amide bonds. The minimum atomic E-state index is -2.91. The third-order valence-electron chi connectivity index (χ3n) is 11.6. The minimum Gasteiger partial charge on any atom is -0.308 e. The van der Waals surface area contributed by atoms with Crippen molar-refractivity contribution in [2.24, 2.45) is 0 Å². The fourth-order valence-corrected chi connectivity index (χ4v) is 16.3. The van der Waals surface area contributed by atoms with Crippen LogP contribution in [-0.2, 0) is 0 Å². The molecule has 1 aromatic heterocycles. The van der Waals surface area contributed by atoms with Crippen LogP contribution in [0.25, 0.3) is 49.7 Å². The molecular formula is C54H37NS2Si. The van der Waals surface area contributed by atoms with Crippen molar-refractivity contribution in [1.82, 2.24) is 4.57 Å². The Labute approximate surface area is 348 Å². The van der Waals surface area contributed by atoms with Crippen LogP contribution in [0.1, 0.15) is 0 Å². The first-order chi connectivity index (χ1) is 28.8. The van der Waals surface area contributed by atoms with Gasteiger partial charge < -0.3 is 4.57 Å². The van der Waals surface area contributed by atoms with E-state index in [0.717, 1.165) is 0 Å². The first kappa shape index (κ1) is 34.9. The number of benzene rings is 9. The van der Waals surface area contributed by atoms with Crippen molar-refractivity contribution in [2.45, 2.75) is 19.6 Å². The van der Waals surface area contributed by atoms with Crippen molar-refractivity contribution >= 4 is 74.2 Å². The van der Waals surface area contributed by atoms with Crippen LogP contribution in [0.15, 0.2) is 244 Å². The van der Waals surface area contributed by atoms with Crippen LogP contribution in [0, 0.1) is 0 Å². The Hall–Kier alpha value is -6.30. The molecule has 10 aromatic rings. The average Bonchev–Trinajstić information content (AvgIpc) is 3.64. The molecule has 1 aliphatic rings. The molecule has 58 heavy (non-hydrogen) atoms. The highest BCUT2D eigenvalue weighted by molar-refractivity contribution is 8.05. The summed E-state index contributed by atoms with van der Waals surface area (Å²) in [6.45, 7) is 0. The van der Waals surface area contributed by atoms with Gasteiger partial charge in [0, 0.05) is 41.5 Å². The molecule has 2 heterocycles. The zero-order valence-electron chi connectivity index (χ0n) is 31.6. The number of fused-ring (bicyclic) bond motifs is 6. The van der Waals surface area contributed by atoms with Crippen LogP contribution >= 0.6 is 23.5 Å². The van der Waals surface area contributed by atoms with Gasteiger partial charge in [0.15, 0.2) is 8.07 Å². The highest BCUT2D eigenvalue weighted by Crippen LogP contribution is 2.53. The number of hydrogen-bond acceptors (Lipinski definition) is 2. The maximum Gasteiger partial charge on any atom is 0.179 e. The molecule has 0 atom stereocenters. The smallest absolute Gasteiger partial charge is 0.179 e. The van der Waals surface area contributed by atoms with E-state index in [0.29, 0.717) is 0 Å². The molecule has 0 saturated heterocycles. The Morgan fingerprint density at radius 3 is 1.33 bits per heavy atom. The predicted octanol–water partition coefficient (Wildman–Crippen LogP) is 12.1. The molecule has 0 fully saturated rings. The van der Waals surface area contributed by atoms with Crippen molar-refractivity contribution in [1.29, 1.82) is 0 Å². The fraction of sp³-hybridized carbons (Fsp3) is 0. The third kappa shape index (κ3) is 5.63. The van der Waals surface area contributed by atoms with Gasteiger partial charge in [0.25, 0.3) is 0 Å². The van der Waals surface area contributed by atoms with E-state index < -0.39 is 8.07 Å². The van der Waals surface area contributed by atoms with E-state index in [-0.39, 0.29) is 0 Å². The van der Waals surface area contributed by atoms with Gasteiger partial charge in [0.05, 0.1) is 16.7 Å². The summed E-state index contributed by atoms with van der Waals surface area (Å²) in [5.74, 6) is 0. The number of aromatic nitrogens is 1. The first-order valence-electron chi connectivity index (χ1n) is 19.8. The molecule has 274 valence electrons. The summed E-state index contributed by atoms with van der Waals surface area (Å²) in [6, 6.07) is 83.6. The van der Waals surface area contributed by atoms with Crippen molar-refractivity contribution in [3.05, 3.63) is 224 Å². The topological polar surface area (TPSA) is 4.93 Å². The van der Waals surface area contributed by atoms with Crippen LogP contribution in [-0.4, -0.2) is 12.6 Å². The van der Waals surface area contributed by atoms with E-state index in [4.69, 9.17) is 0 Å². The van der Waals surface area contributed by atoms with Crippen molar-refractivity contribution in [3.63, 3.8) is 0 Å². The lowest BCUT2D eigenvalue weighted by molar-refractivity contribution is 1.16. The molecule has 9 aromatic carbocycles. The molecule has 0 bridgehead atoms. The lowest BCUT2D eigenvalue weighted by Crippen LogP contribution is -2.74. The average molecular weight is 792 g/mol. The van der Waals surface area contributed by atoms with Gasteiger partial charge in [-0.2, -0.15) is 0 Å². The van der Waals surface area contributed by atoms with E-state index in [1.165, 1.54) is 90.1 Å². The number of nitrogens with zero attached hydrogens (tertiary/aromatic N) is 1. The number of para-hydroxylation sites is 1. The fourth-order valence-electron chi connectivity index (χ4n) is 9.11. The van der Waals surface area contributed by atoms with Gasteiger partial charge in [-0.15, -0.1) is 0 Å². The molecule has 0 radical (unpaired) electrons. The summed E-state index contributed by atoms with van der Waals surface area (Å²) in [4.78, 5) is 5.27. The van der Waals surface area contributed by atoms with Crippen molar-refractivity contribution in [3.8, 4) is 27.9 Å². The van der Waals surface area contributed by atoms with Crippen molar-refractivity contribution < 1.29 is 0 Å². The van der Waals surface area contributed by atoms with E-state index in [1.807, 2.05) is 23.5 Å². The minimum absolute atomic E-state index is 1.19. The van der Waals surface area contributed by atoms with Gasteiger partial charge in [-0.25, -0.2) is 0 Å². The predicted molar refractivity (Wildman–Crippen MR) is 250 cm³/mol. The van der Waals surface area contributed by atoms with Crippen molar-refractivity contribution in [2.75, 3.05) is 0 Å². The number of rotatable bonds is 7. The highest BCUT2D eigenvalue weighted by atomic mass is 32.2. The Bertz CT molecular complexity index is 2930. The SMILES string of the molecule is c1ccc(-c2cc([Si](c3ccccc3)(c3ccccc3)c3ccccc3)cc(-c3ccccc3)c2-n2c3ccccc3c3c4c(ccc32)Sc2ccccc2S4)cc1. The molecule has 0 unspecified atom stereocenters. The van der Waals surface area contributed by atoms with E-state index >= 15 is 0 Å². The van der Waals surface area contributed by atoms with Crippen LogP contribution in [0.4, 0.5) is 0 Å². The van der Waals surface area contributed by atoms with Crippen LogP contribution in [0.2, 0.25) is 0 Å². The van der Waals surface area contributed by atoms with Gasteiger partial charge in [-0.3, -0.25) is 0 Å². The summed E-state index contributed by atoms with van der Waals surface area (Å²) in [5.41, 5.74) is 8.42. The Kier molecular flexibility index (Phi) is 8.77. The lowest BCUT2D eigenvalue weighted by atomic mass is 9.95. The molecule has 0 aliphatic carbocycles. The quantitative estimate of drug-likeness (QED) is 0.117. The summed E-state index contributed by atoms with van der Waals surface area (Å²) in [6.07, 6.45) is 0. The van der Waals surface area contributed by atoms with Gasteiger partial charge >= 0.3 is 0 Å². The molecule has 0 saturated carbocycles. The summed E-state index contributed by atoms with van der Waals surface area (Å²) in [7, 11) is -2.91. The molecule has 11 rings (SSSR count). The maximum atomic E-state index is 2.57. The van der Waals surface area contributed by atoms with Gasteiger partial charge in [0.1, 0.15) is 0 Å². The van der Waals surface area contributed by atoms with Crippen LogP contribution in [0.5, 0.6) is 0 Å². The first-order valence-corrected chi connectivity index (χ1v) is 23.4. The summed E-state index contributed by atoms with van der Waals surface area (Å²) < 4.78 is 2.57. The van der Waals surface area contributed by atoms with E-state index in [2.05, 4.69) is 229 Å². The summed E-state index contributed by atoms with van der Waals surface area (Å²) in [5, 5.41) is 8.00. The second-order valence-corrected chi connectivity index (χ2v) is 20.7. The van der Waals surface area contributed by atoms with Gasteiger partial charge in [-0.1, -0.05) is 218 Å². The van der Waals surface area contributed by atoms with Crippen LogP contribution in [0.3, 0.4) is 0 Å². The maximum absolute atomic E-state index is 2.91. The molecular weight excluding hydrogens is 755 g/mol. The zero-order valence-corrected chi connectivity index (χ0v) is 34.3. The molecule has 0 spiro atoms. The second-order valence-electron chi connectivity index (χ2n) is 14.8. The van der Waals surface area contributed by atoms with E-state index in [1.54, 1.807) is 0 Å². The normalized spacial score (nSPS) is 12.3.